The molecule has 0 spiro atoms. The Balaban J connectivity index is 1.65. The molecule has 3 aromatic carbocycles. The van der Waals surface area contributed by atoms with Gasteiger partial charge in [-0.25, -0.2) is 4.79 Å². The third kappa shape index (κ3) is 4.92. The van der Waals surface area contributed by atoms with E-state index >= 15 is 0 Å². The van der Waals surface area contributed by atoms with Crippen LogP contribution in [0.3, 0.4) is 0 Å². The topological polar surface area (TPSA) is 89.0 Å². The maximum absolute atomic E-state index is 13.0. The molecule has 1 aromatic heterocycles. The highest BCUT2D eigenvalue weighted by Crippen LogP contribution is 2.31. The number of aromatic nitrogens is 3. The van der Waals surface area contributed by atoms with Crippen LogP contribution in [-0.2, 0) is 6.18 Å². The van der Waals surface area contributed by atoms with Crippen molar-refractivity contribution >= 4 is 23.2 Å². The third-order valence-electron chi connectivity index (χ3n) is 5.20. The highest BCUT2D eigenvalue weighted by molar-refractivity contribution is 6.33. The summed E-state index contributed by atoms with van der Waals surface area (Å²) in [6.45, 7) is 1.83. The monoisotopic (exact) mass is 502 g/mol. The summed E-state index contributed by atoms with van der Waals surface area (Å²) in [5.41, 5.74) is 0.294. The lowest BCUT2D eigenvalue weighted by molar-refractivity contribution is -0.137. The molecule has 0 fully saturated rings. The lowest BCUT2D eigenvalue weighted by Gasteiger charge is -2.12. The van der Waals surface area contributed by atoms with Crippen LogP contribution in [0.2, 0.25) is 5.02 Å². The van der Waals surface area contributed by atoms with E-state index in [9.17, 15) is 22.8 Å². The van der Waals surface area contributed by atoms with Crippen molar-refractivity contribution in [1.29, 1.82) is 0 Å². The summed E-state index contributed by atoms with van der Waals surface area (Å²) in [5.74, 6) is -0.324. The maximum atomic E-state index is 13.0. The van der Waals surface area contributed by atoms with Crippen molar-refractivity contribution in [3.63, 3.8) is 0 Å². The molecular formula is C24H18ClF3N4O3. The molecule has 0 aliphatic rings. The second-order valence-electron chi connectivity index (χ2n) is 7.54. The van der Waals surface area contributed by atoms with E-state index in [1.54, 1.807) is 12.1 Å². The van der Waals surface area contributed by atoms with Gasteiger partial charge in [0.1, 0.15) is 5.75 Å². The zero-order chi connectivity index (χ0) is 25.3. The third-order valence-corrected chi connectivity index (χ3v) is 5.51. The van der Waals surface area contributed by atoms with E-state index in [4.69, 9.17) is 16.3 Å². The number of nitrogens with zero attached hydrogens (tertiary/aromatic N) is 2. The van der Waals surface area contributed by atoms with Gasteiger partial charge in [-0.2, -0.15) is 17.9 Å². The fourth-order valence-corrected chi connectivity index (χ4v) is 3.83. The number of carbonyl (C=O) groups is 1. The second kappa shape index (κ2) is 9.30. The normalized spacial score (nSPS) is 11.4. The number of carbonyl (C=O) groups excluding carboxylic acids is 1. The minimum Gasteiger partial charge on any atom is -0.496 e. The molecule has 11 heteroatoms. The van der Waals surface area contributed by atoms with Crippen molar-refractivity contribution in [3.8, 4) is 22.8 Å². The average molecular weight is 503 g/mol. The molecule has 0 saturated carbocycles. The molecule has 0 saturated heterocycles. The van der Waals surface area contributed by atoms with E-state index in [0.29, 0.717) is 16.3 Å². The molecule has 4 aromatic rings. The molecule has 0 bridgehead atoms. The van der Waals surface area contributed by atoms with Gasteiger partial charge in [-0.05, 0) is 48.9 Å². The van der Waals surface area contributed by atoms with E-state index < -0.39 is 23.3 Å². The summed E-state index contributed by atoms with van der Waals surface area (Å²) >= 11 is 6.28. The molecule has 0 aliphatic carbocycles. The van der Waals surface area contributed by atoms with Gasteiger partial charge in [0, 0.05) is 17.3 Å². The Hall–Kier alpha value is -4.05. The van der Waals surface area contributed by atoms with Gasteiger partial charge in [-0.15, -0.1) is 5.10 Å². The van der Waals surface area contributed by atoms with Crippen LogP contribution in [0.25, 0.3) is 17.1 Å². The largest absolute Gasteiger partial charge is 0.496 e. The number of ether oxygens (including phenoxy) is 1. The number of benzene rings is 3. The van der Waals surface area contributed by atoms with Gasteiger partial charge in [0.05, 0.1) is 28.9 Å². The molecule has 2 N–H and O–H groups in total. The number of halogens is 4. The van der Waals surface area contributed by atoms with E-state index in [1.165, 1.54) is 37.4 Å². The SMILES string of the molecule is COc1cc(-n2nc(-c3c(C)cccc3Cl)[nH]c2=O)ccc1C(=O)Nc1cccc(C(F)(F)F)c1. The first-order chi connectivity index (χ1) is 16.6. The molecule has 7 nitrogen and oxygen atoms in total. The van der Waals surface area contributed by atoms with Crippen molar-refractivity contribution in [2.45, 2.75) is 13.1 Å². The molecule has 180 valence electrons. The van der Waals surface area contributed by atoms with Gasteiger partial charge in [-0.1, -0.05) is 29.8 Å². The molecule has 1 amide bonds. The Morgan fingerprint density at radius 3 is 2.54 bits per heavy atom. The Bertz CT molecular complexity index is 1460. The molecule has 1 heterocycles. The van der Waals surface area contributed by atoms with Gasteiger partial charge in [-0.3, -0.25) is 9.78 Å². The molecule has 0 aliphatic heterocycles. The first-order valence-corrected chi connectivity index (χ1v) is 10.6. The van der Waals surface area contributed by atoms with Crippen molar-refractivity contribution in [2.24, 2.45) is 0 Å². The molecule has 0 unspecified atom stereocenters. The number of aryl methyl sites for hydroxylation is 1. The summed E-state index contributed by atoms with van der Waals surface area (Å²) in [5, 5.41) is 7.18. The van der Waals surface area contributed by atoms with Gasteiger partial charge < -0.3 is 10.1 Å². The van der Waals surface area contributed by atoms with Gasteiger partial charge in [0.2, 0.25) is 0 Å². The van der Waals surface area contributed by atoms with E-state index in [-0.39, 0.29) is 22.8 Å². The van der Waals surface area contributed by atoms with Crippen LogP contribution in [0, 0.1) is 6.92 Å². The molecule has 35 heavy (non-hydrogen) atoms. The number of nitrogens with one attached hydrogen (secondary N) is 2. The minimum absolute atomic E-state index is 0.0285. The molecular weight excluding hydrogens is 485 g/mol. The first-order valence-electron chi connectivity index (χ1n) is 10.2. The predicted octanol–water partition coefficient (Wildman–Crippen LogP) is 5.47. The highest BCUT2D eigenvalue weighted by atomic mass is 35.5. The summed E-state index contributed by atoms with van der Waals surface area (Å²) in [4.78, 5) is 28.0. The number of methoxy groups -OCH3 is 1. The minimum atomic E-state index is -4.54. The molecule has 0 atom stereocenters. The van der Waals surface area contributed by atoms with E-state index in [2.05, 4.69) is 15.4 Å². The Kier molecular flexibility index (Phi) is 6.40. The number of rotatable bonds is 5. The van der Waals surface area contributed by atoms with Crippen LogP contribution in [0.15, 0.2) is 65.5 Å². The molecule has 0 radical (unpaired) electrons. The second-order valence-corrected chi connectivity index (χ2v) is 7.95. The first kappa shape index (κ1) is 24.1. The maximum Gasteiger partial charge on any atom is 0.416 e. The lowest BCUT2D eigenvalue weighted by Crippen LogP contribution is -2.17. The van der Waals surface area contributed by atoms with E-state index in [0.717, 1.165) is 22.4 Å². The van der Waals surface area contributed by atoms with Crippen molar-refractivity contribution < 1.29 is 22.7 Å². The van der Waals surface area contributed by atoms with Gasteiger partial charge in [0.15, 0.2) is 5.82 Å². The van der Waals surface area contributed by atoms with Crippen LogP contribution < -0.4 is 15.7 Å². The lowest BCUT2D eigenvalue weighted by atomic mass is 10.1. The van der Waals surface area contributed by atoms with Crippen molar-refractivity contribution in [1.82, 2.24) is 14.8 Å². The summed E-state index contributed by atoms with van der Waals surface area (Å²) in [6, 6.07) is 13.9. The number of H-pyrrole nitrogens is 1. The Labute approximate surface area is 202 Å². The van der Waals surface area contributed by atoms with Crippen LogP contribution in [-0.4, -0.2) is 27.8 Å². The fraction of sp³-hybridized carbons (Fsp3) is 0.125. The number of anilines is 1. The number of aromatic amines is 1. The standard InChI is InChI=1S/C24H18ClF3N4O3/c1-13-5-3-8-18(25)20(13)21-30-23(34)32(31-21)16-9-10-17(19(12-16)35-2)22(33)29-15-7-4-6-14(11-15)24(26,27)28/h3-12H,1-2H3,(H,29,33)(H,30,31,34). The van der Waals surface area contributed by atoms with Crippen molar-refractivity contribution in [2.75, 3.05) is 12.4 Å². The van der Waals surface area contributed by atoms with Gasteiger partial charge in [0.25, 0.3) is 5.91 Å². The van der Waals surface area contributed by atoms with Crippen LogP contribution in [0.1, 0.15) is 21.5 Å². The molecule has 4 rings (SSSR count). The summed E-state index contributed by atoms with van der Waals surface area (Å²) in [6.07, 6.45) is -4.54. The zero-order valence-electron chi connectivity index (χ0n) is 18.4. The Morgan fingerprint density at radius 1 is 1.11 bits per heavy atom. The number of hydrogen-bond acceptors (Lipinski definition) is 4. The van der Waals surface area contributed by atoms with Crippen LogP contribution in [0.5, 0.6) is 5.75 Å². The van der Waals surface area contributed by atoms with E-state index in [1.807, 2.05) is 13.0 Å². The zero-order valence-corrected chi connectivity index (χ0v) is 19.2. The Morgan fingerprint density at radius 2 is 1.86 bits per heavy atom. The average Bonchev–Trinajstić information content (AvgIpc) is 3.19. The quantitative estimate of drug-likeness (QED) is 0.379. The van der Waals surface area contributed by atoms with Crippen LogP contribution in [0.4, 0.5) is 18.9 Å². The highest BCUT2D eigenvalue weighted by Gasteiger charge is 2.30. The summed E-state index contributed by atoms with van der Waals surface area (Å²) < 4.78 is 45.3. The number of hydrogen-bond donors (Lipinski definition) is 2. The van der Waals surface area contributed by atoms with Gasteiger partial charge >= 0.3 is 11.9 Å². The number of alkyl halides is 3. The fourth-order valence-electron chi connectivity index (χ4n) is 3.51. The predicted molar refractivity (Wildman–Crippen MR) is 125 cm³/mol. The van der Waals surface area contributed by atoms with Crippen molar-refractivity contribution in [3.05, 3.63) is 92.9 Å². The summed E-state index contributed by atoms with van der Waals surface area (Å²) in [7, 11) is 1.33. The van der Waals surface area contributed by atoms with Crippen LogP contribution >= 0.6 is 11.6 Å². The smallest absolute Gasteiger partial charge is 0.416 e. The number of amides is 1.